The Hall–Kier alpha value is -3.29. The number of pyridine rings is 1. The fourth-order valence-electron chi connectivity index (χ4n) is 5.00. The monoisotopic (exact) mass is 546 g/mol. The van der Waals surface area contributed by atoms with Gasteiger partial charge < -0.3 is 19.9 Å². The molecule has 0 aliphatic carbocycles. The maximum Gasteiger partial charge on any atom is 0.152 e. The zero-order chi connectivity index (χ0) is 28.5. The second-order valence-electron chi connectivity index (χ2n) is 11.1. The van der Waals surface area contributed by atoms with Crippen LogP contribution in [0.3, 0.4) is 0 Å². The standard InChI is InChI=1S/C33H43FN4O2/c1-5-40-31-11-8-27(9-12-31)32-13-10-29(36-33(32)38-16-14-37(4)15-17-38)21-30(39)23-35-22-26-18-25(7-6-24(2)3)19-28(34)20-26/h8-13,18-20,24,35H,5-7,14-17,21-23H2,1-4H3. The van der Waals surface area contributed by atoms with Gasteiger partial charge in [-0.05, 0) is 85.8 Å². The minimum atomic E-state index is -0.224. The minimum Gasteiger partial charge on any atom is -0.494 e. The molecule has 7 heteroatoms. The van der Waals surface area contributed by atoms with Crippen LogP contribution in [0.4, 0.5) is 10.2 Å². The number of rotatable bonds is 13. The van der Waals surface area contributed by atoms with Gasteiger partial charge in [0.15, 0.2) is 5.78 Å². The van der Waals surface area contributed by atoms with Crippen LogP contribution < -0.4 is 15.0 Å². The van der Waals surface area contributed by atoms with Crippen LogP contribution in [0.2, 0.25) is 0 Å². The second-order valence-corrected chi connectivity index (χ2v) is 11.1. The summed E-state index contributed by atoms with van der Waals surface area (Å²) in [6.07, 6.45) is 2.13. The number of nitrogens with one attached hydrogen (secondary N) is 1. The van der Waals surface area contributed by atoms with Crippen molar-refractivity contribution in [2.45, 2.75) is 46.6 Å². The summed E-state index contributed by atoms with van der Waals surface area (Å²) in [5, 5.41) is 3.20. The van der Waals surface area contributed by atoms with Gasteiger partial charge in [-0.3, -0.25) is 4.79 Å². The van der Waals surface area contributed by atoms with E-state index in [0.29, 0.717) is 19.1 Å². The molecule has 6 nitrogen and oxygen atoms in total. The van der Waals surface area contributed by atoms with Crippen molar-refractivity contribution in [3.05, 3.63) is 77.2 Å². The number of hydrogen-bond acceptors (Lipinski definition) is 6. The van der Waals surface area contributed by atoms with Gasteiger partial charge in [0, 0.05) is 38.3 Å². The van der Waals surface area contributed by atoms with Crippen molar-refractivity contribution < 1.29 is 13.9 Å². The molecule has 0 bridgehead atoms. The number of anilines is 1. The third-order valence-electron chi connectivity index (χ3n) is 7.27. The summed E-state index contributed by atoms with van der Waals surface area (Å²) < 4.78 is 19.7. The molecule has 3 aromatic rings. The van der Waals surface area contributed by atoms with Crippen LogP contribution in [0.1, 0.15) is 44.0 Å². The van der Waals surface area contributed by atoms with Gasteiger partial charge in [-0.25, -0.2) is 9.37 Å². The summed E-state index contributed by atoms with van der Waals surface area (Å²) in [4.78, 5) is 22.5. The third kappa shape index (κ3) is 8.60. The summed E-state index contributed by atoms with van der Waals surface area (Å²) in [5.41, 5.74) is 4.76. The molecule has 1 fully saturated rings. The Morgan fingerprint density at radius 3 is 2.45 bits per heavy atom. The minimum absolute atomic E-state index is 0.0575. The highest BCUT2D eigenvalue weighted by molar-refractivity contribution is 5.83. The van der Waals surface area contributed by atoms with Gasteiger partial charge in [0.05, 0.1) is 25.3 Å². The van der Waals surface area contributed by atoms with Crippen LogP contribution >= 0.6 is 0 Å². The second kappa shape index (κ2) is 14.4. The van der Waals surface area contributed by atoms with Crippen LogP contribution in [0.25, 0.3) is 11.1 Å². The van der Waals surface area contributed by atoms with E-state index in [1.54, 1.807) is 12.1 Å². The summed E-state index contributed by atoms with van der Waals surface area (Å²) >= 11 is 0. The maximum atomic E-state index is 14.1. The number of halogens is 1. The van der Waals surface area contributed by atoms with Gasteiger partial charge in [-0.1, -0.05) is 32.0 Å². The number of nitrogens with zero attached hydrogens (tertiary/aromatic N) is 3. The molecule has 40 heavy (non-hydrogen) atoms. The van der Waals surface area contributed by atoms with Crippen molar-refractivity contribution in [1.29, 1.82) is 0 Å². The van der Waals surface area contributed by atoms with Gasteiger partial charge in [-0.2, -0.15) is 0 Å². The number of ketones is 1. The van der Waals surface area contributed by atoms with Crippen LogP contribution in [0.5, 0.6) is 5.75 Å². The molecule has 1 aliphatic rings. The van der Waals surface area contributed by atoms with Crippen molar-refractivity contribution >= 4 is 11.6 Å². The number of hydrogen-bond donors (Lipinski definition) is 1. The summed E-state index contributed by atoms with van der Waals surface area (Å²) in [7, 11) is 2.14. The lowest BCUT2D eigenvalue weighted by atomic mass is 10.0. The molecule has 4 rings (SSSR count). The molecule has 0 atom stereocenters. The molecule has 1 saturated heterocycles. The lowest BCUT2D eigenvalue weighted by Gasteiger charge is -2.34. The van der Waals surface area contributed by atoms with Crippen molar-refractivity contribution in [3.63, 3.8) is 0 Å². The lowest BCUT2D eigenvalue weighted by molar-refractivity contribution is -0.117. The highest BCUT2D eigenvalue weighted by Crippen LogP contribution is 2.31. The van der Waals surface area contributed by atoms with E-state index in [4.69, 9.17) is 9.72 Å². The topological polar surface area (TPSA) is 57.7 Å². The number of likely N-dealkylation sites (N-methyl/N-ethyl adjacent to an activating group) is 1. The first-order valence-electron chi connectivity index (χ1n) is 14.5. The quantitative estimate of drug-likeness (QED) is 0.304. The summed E-state index contributed by atoms with van der Waals surface area (Å²) in [6.45, 7) is 11.3. The smallest absolute Gasteiger partial charge is 0.152 e. The molecule has 2 heterocycles. The average Bonchev–Trinajstić information content (AvgIpc) is 2.93. The van der Waals surface area contributed by atoms with Crippen molar-refractivity contribution in [3.8, 4) is 16.9 Å². The lowest BCUT2D eigenvalue weighted by Crippen LogP contribution is -2.45. The van der Waals surface area contributed by atoms with Gasteiger partial charge >= 0.3 is 0 Å². The Bertz CT molecular complexity index is 1250. The molecule has 0 unspecified atom stereocenters. The molecule has 1 aliphatic heterocycles. The average molecular weight is 547 g/mol. The summed E-state index contributed by atoms with van der Waals surface area (Å²) in [6, 6.07) is 17.3. The van der Waals surface area contributed by atoms with Gasteiger partial charge in [0.2, 0.25) is 0 Å². The largest absolute Gasteiger partial charge is 0.494 e. The van der Waals surface area contributed by atoms with E-state index in [0.717, 1.165) is 78.5 Å². The van der Waals surface area contributed by atoms with E-state index in [-0.39, 0.29) is 24.6 Å². The molecule has 0 radical (unpaired) electrons. The molecular formula is C33H43FN4O2. The van der Waals surface area contributed by atoms with Crippen LogP contribution in [-0.2, 0) is 24.2 Å². The molecule has 0 saturated carbocycles. The van der Waals surface area contributed by atoms with Crippen LogP contribution in [0.15, 0.2) is 54.6 Å². The first-order valence-corrected chi connectivity index (χ1v) is 14.5. The molecular weight excluding hydrogens is 503 g/mol. The predicted octanol–water partition coefficient (Wildman–Crippen LogP) is 5.53. The molecule has 0 spiro atoms. The molecule has 1 N–H and O–H groups in total. The zero-order valence-electron chi connectivity index (χ0n) is 24.4. The van der Waals surface area contributed by atoms with Crippen LogP contribution in [0, 0.1) is 11.7 Å². The van der Waals surface area contributed by atoms with Gasteiger partial charge in [0.25, 0.3) is 0 Å². The van der Waals surface area contributed by atoms with Crippen molar-refractivity contribution in [1.82, 2.24) is 15.2 Å². The Morgan fingerprint density at radius 1 is 1.02 bits per heavy atom. The third-order valence-corrected chi connectivity index (χ3v) is 7.27. The SMILES string of the molecule is CCOc1ccc(-c2ccc(CC(=O)CNCc3cc(F)cc(CCC(C)C)c3)nc2N2CCN(C)CC2)cc1. The number of piperazine rings is 1. The van der Waals surface area contributed by atoms with E-state index in [1.165, 1.54) is 0 Å². The first kappa shape index (κ1) is 29.7. The van der Waals surface area contributed by atoms with Gasteiger partial charge in [-0.15, -0.1) is 0 Å². The molecule has 0 amide bonds. The van der Waals surface area contributed by atoms with Crippen molar-refractivity contribution in [2.24, 2.45) is 5.92 Å². The van der Waals surface area contributed by atoms with Crippen LogP contribution in [-0.4, -0.2) is 62.0 Å². The molecule has 2 aromatic carbocycles. The highest BCUT2D eigenvalue weighted by Gasteiger charge is 2.20. The number of aromatic nitrogens is 1. The first-order chi connectivity index (χ1) is 19.3. The van der Waals surface area contributed by atoms with Gasteiger partial charge in [0.1, 0.15) is 17.4 Å². The Labute approximate surface area is 238 Å². The predicted molar refractivity (Wildman–Crippen MR) is 161 cm³/mol. The normalized spacial score (nSPS) is 14.1. The number of carbonyl (C=O) groups is 1. The van der Waals surface area contributed by atoms with E-state index in [2.05, 4.69) is 54.2 Å². The number of carbonyl (C=O) groups excluding carboxylic acids is 1. The number of ether oxygens (including phenoxy) is 1. The molecule has 1 aromatic heterocycles. The summed E-state index contributed by atoms with van der Waals surface area (Å²) in [5.74, 6) is 2.17. The van der Waals surface area contributed by atoms with E-state index < -0.39 is 0 Å². The number of Topliss-reactive ketones (excluding diaryl/α,β-unsaturated/α-hetero) is 1. The van der Waals surface area contributed by atoms with Crippen molar-refractivity contribution in [2.75, 3.05) is 51.3 Å². The Morgan fingerprint density at radius 2 is 1.75 bits per heavy atom. The Balaban J connectivity index is 1.42. The maximum absolute atomic E-state index is 14.1. The number of aryl methyl sites for hydroxylation is 1. The number of benzene rings is 2. The van der Waals surface area contributed by atoms with E-state index >= 15 is 0 Å². The van der Waals surface area contributed by atoms with E-state index in [1.807, 2.05) is 31.2 Å². The Kier molecular flexibility index (Phi) is 10.7. The molecule has 214 valence electrons. The zero-order valence-corrected chi connectivity index (χ0v) is 24.4. The fraction of sp³-hybridized carbons (Fsp3) is 0.455. The highest BCUT2D eigenvalue weighted by atomic mass is 19.1. The fourth-order valence-corrected chi connectivity index (χ4v) is 5.00. The van der Waals surface area contributed by atoms with E-state index in [9.17, 15) is 9.18 Å².